The largest absolute Gasteiger partial charge is 0.497 e. The van der Waals surface area contributed by atoms with Crippen molar-refractivity contribution in [1.29, 1.82) is 0 Å². The van der Waals surface area contributed by atoms with E-state index in [0.717, 1.165) is 39.0 Å². The van der Waals surface area contributed by atoms with E-state index < -0.39 is 0 Å². The van der Waals surface area contributed by atoms with Crippen LogP contribution < -0.4 is 10.1 Å². The zero-order valence-electron chi connectivity index (χ0n) is 15.8. The summed E-state index contributed by atoms with van der Waals surface area (Å²) in [6.07, 6.45) is 1.80. The third-order valence-corrected chi connectivity index (χ3v) is 4.82. The number of pyridine rings is 1. The van der Waals surface area contributed by atoms with Gasteiger partial charge in [0.25, 0.3) is 0 Å². The third-order valence-electron chi connectivity index (χ3n) is 4.82. The Balaban J connectivity index is 1.44. The maximum atomic E-state index is 5.30. The summed E-state index contributed by atoms with van der Waals surface area (Å²) in [5, 5.41) is 12.8. The molecule has 0 unspecified atom stereocenters. The van der Waals surface area contributed by atoms with E-state index in [0.29, 0.717) is 18.1 Å². The summed E-state index contributed by atoms with van der Waals surface area (Å²) in [7, 11) is 1.64. The van der Waals surface area contributed by atoms with Crippen LogP contribution in [0.15, 0.2) is 66.9 Å². The fraction of sp³-hybridized carbons (Fsp3) is 0.0909. The molecule has 0 amide bonds. The maximum Gasteiger partial charge on any atom is 0.245 e. The molecule has 0 saturated carbocycles. The van der Waals surface area contributed by atoms with Gasteiger partial charge in [-0.05, 0) is 35.9 Å². The number of nitrogens with one attached hydrogen (secondary N) is 2. The average molecular weight is 382 g/mol. The van der Waals surface area contributed by atoms with Crippen molar-refractivity contribution in [3.8, 4) is 17.0 Å². The molecule has 5 aromatic rings. The maximum absolute atomic E-state index is 5.30. The molecule has 0 fully saturated rings. The Kier molecular flexibility index (Phi) is 4.25. The van der Waals surface area contributed by atoms with Gasteiger partial charge in [-0.3, -0.25) is 4.98 Å². The summed E-state index contributed by atoms with van der Waals surface area (Å²) in [5.74, 6) is 1.24. The quantitative estimate of drug-likeness (QED) is 0.474. The number of hydrogen-bond donors (Lipinski definition) is 2. The number of aromatic amines is 1. The van der Waals surface area contributed by atoms with Gasteiger partial charge >= 0.3 is 0 Å². The van der Waals surface area contributed by atoms with Crippen LogP contribution in [-0.4, -0.2) is 32.3 Å². The number of hydrogen-bond acceptors (Lipinski definition) is 6. The van der Waals surface area contributed by atoms with Gasteiger partial charge in [0.2, 0.25) is 5.95 Å². The number of benzene rings is 2. The molecular formula is C22H18N6O. The number of H-pyrrole nitrogens is 1. The monoisotopic (exact) mass is 382 g/mol. The summed E-state index contributed by atoms with van der Waals surface area (Å²) in [4.78, 5) is 12.3. The first-order chi connectivity index (χ1) is 14.3. The summed E-state index contributed by atoms with van der Waals surface area (Å²) < 4.78 is 5.30. The molecule has 0 aliphatic carbocycles. The van der Waals surface area contributed by atoms with Gasteiger partial charge in [-0.25, -0.2) is 0 Å². The minimum Gasteiger partial charge on any atom is -0.497 e. The molecule has 3 heterocycles. The highest BCUT2D eigenvalue weighted by molar-refractivity contribution is 6.03. The first kappa shape index (κ1) is 17.1. The summed E-state index contributed by atoms with van der Waals surface area (Å²) in [5.41, 5.74) is 5.47. The highest BCUT2D eigenvalue weighted by Crippen LogP contribution is 2.27. The Morgan fingerprint density at radius 3 is 2.76 bits per heavy atom. The van der Waals surface area contributed by atoms with Crippen molar-refractivity contribution in [2.75, 3.05) is 12.4 Å². The first-order valence-corrected chi connectivity index (χ1v) is 9.25. The number of ether oxygens (including phenoxy) is 1. The van der Waals surface area contributed by atoms with Gasteiger partial charge in [0.1, 0.15) is 11.3 Å². The molecule has 2 aromatic carbocycles. The molecule has 0 saturated heterocycles. The molecule has 0 bridgehead atoms. The number of aromatic nitrogens is 5. The van der Waals surface area contributed by atoms with Crippen molar-refractivity contribution < 1.29 is 4.74 Å². The molecule has 0 spiro atoms. The van der Waals surface area contributed by atoms with Gasteiger partial charge < -0.3 is 15.0 Å². The predicted molar refractivity (Wildman–Crippen MR) is 113 cm³/mol. The van der Waals surface area contributed by atoms with E-state index in [2.05, 4.69) is 42.6 Å². The molecule has 29 heavy (non-hydrogen) atoms. The Morgan fingerprint density at radius 2 is 1.90 bits per heavy atom. The minimum atomic E-state index is 0.465. The van der Waals surface area contributed by atoms with E-state index >= 15 is 0 Å². The van der Waals surface area contributed by atoms with Gasteiger partial charge in [0.05, 0.1) is 12.8 Å². The number of anilines is 1. The molecule has 5 rings (SSSR count). The van der Waals surface area contributed by atoms with Crippen LogP contribution in [0.25, 0.3) is 33.3 Å². The molecule has 0 radical (unpaired) electrons. The van der Waals surface area contributed by atoms with Gasteiger partial charge in [0.15, 0.2) is 5.65 Å². The molecule has 7 nitrogen and oxygen atoms in total. The lowest BCUT2D eigenvalue weighted by Crippen LogP contribution is -2.06. The summed E-state index contributed by atoms with van der Waals surface area (Å²) >= 11 is 0. The van der Waals surface area contributed by atoms with E-state index in [4.69, 9.17) is 4.74 Å². The number of nitrogens with zero attached hydrogens (tertiary/aromatic N) is 4. The predicted octanol–water partition coefficient (Wildman–Crippen LogP) is 4.19. The van der Waals surface area contributed by atoms with Gasteiger partial charge in [-0.15, -0.1) is 10.2 Å². The molecule has 3 aromatic heterocycles. The lowest BCUT2D eigenvalue weighted by molar-refractivity contribution is 0.415. The number of fused-ring (bicyclic) bond motifs is 3. The van der Waals surface area contributed by atoms with Crippen LogP contribution in [0.5, 0.6) is 5.75 Å². The number of methoxy groups -OCH3 is 1. The van der Waals surface area contributed by atoms with Crippen LogP contribution in [0.1, 0.15) is 5.56 Å². The topological polar surface area (TPSA) is 88.6 Å². The third kappa shape index (κ3) is 3.23. The highest BCUT2D eigenvalue weighted by atomic mass is 16.5. The standard InChI is InChI=1S/C22H18N6O/c1-29-15-9-10-19-17(12-15)20-21(25-19)26-22(28-27-20)24-13-14-6-2-3-7-16(14)18-8-4-5-11-23-18/h2-12H,13H2,1H3,(H2,24,25,26,28). The fourth-order valence-electron chi connectivity index (χ4n) is 3.37. The summed E-state index contributed by atoms with van der Waals surface area (Å²) in [6, 6.07) is 19.8. The SMILES string of the molecule is COc1ccc2[nH]c3nc(NCc4ccccc4-c4ccccn4)nnc3c2c1. The van der Waals surface area contributed by atoms with Crippen molar-refractivity contribution in [2.24, 2.45) is 0 Å². The first-order valence-electron chi connectivity index (χ1n) is 9.25. The summed E-state index contributed by atoms with van der Waals surface area (Å²) in [6.45, 7) is 0.563. The van der Waals surface area contributed by atoms with E-state index in [1.54, 1.807) is 13.3 Å². The zero-order valence-corrected chi connectivity index (χ0v) is 15.8. The molecule has 0 atom stereocenters. The molecule has 142 valence electrons. The average Bonchev–Trinajstić information content (AvgIpc) is 3.15. The van der Waals surface area contributed by atoms with Crippen LogP contribution in [-0.2, 0) is 6.54 Å². The smallest absolute Gasteiger partial charge is 0.245 e. The van der Waals surface area contributed by atoms with E-state index in [-0.39, 0.29) is 0 Å². The Hall–Kier alpha value is -4.00. The number of rotatable bonds is 5. The van der Waals surface area contributed by atoms with Crippen LogP contribution in [0, 0.1) is 0 Å². The second kappa shape index (κ2) is 7.20. The van der Waals surface area contributed by atoms with Crippen molar-refractivity contribution in [3.05, 3.63) is 72.4 Å². The van der Waals surface area contributed by atoms with Crippen molar-refractivity contribution in [3.63, 3.8) is 0 Å². The van der Waals surface area contributed by atoms with E-state index in [1.807, 2.05) is 48.5 Å². The molecule has 0 aliphatic heterocycles. The second-order valence-electron chi connectivity index (χ2n) is 6.59. The lowest BCUT2D eigenvalue weighted by Gasteiger charge is -2.10. The highest BCUT2D eigenvalue weighted by Gasteiger charge is 2.11. The van der Waals surface area contributed by atoms with Gasteiger partial charge in [0, 0.05) is 29.2 Å². The van der Waals surface area contributed by atoms with Crippen LogP contribution in [0.3, 0.4) is 0 Å². The van der Waals surface area contributed by atoms with Crippen molar-refractivity contribution in [1.82, 2.24) is 25.1 Å². The molecular weight excluding hydrogens is 364 g/mol. The fourth-order valence-corrected chi connectivity index (χ4v) is 3.37. The zero-order chi connectivity index (χ0) is 19.6. The van der Waals surface area contributed by atoms with Crippen LogP contribution in [0.2, 0.25) is 0 Å². The molecule has 0 aliphatic rings. The van der Waals surface area contributed by atoms with Gasteiger partial charge in [-0.1, -0.05) is 30.3 Å². The normalized spacial score (nSPS) is 11.1. The van der Waals surface area contributed by atoms with Crippen molar-refractivity contribution in [2.45, 2.75) is 6.54 Å². The van der Waals surface area contributed by atoms with E-state index in [9.17, 15) is 0 Å². The Labute approximate surface area is 166 Å². The van der Waals surface area contributed by atoms with Crippen LogP contribution in [0.4, 0.5) is 5.95 Å². The Morgan fingerprint density at radius 1 is 1.00 bits per heavy atom. The van der Waals surface area contributed by atoms with Crippen LogP contribution >= 0.6 is 0 Å². The minimum absolute atomic E-state index is 0.465. The van der Waals surface area contributed by atoms with E-state index in [1.165, 1.54) is 0 Å². The molecule has 2 N–H and O–H groups in total. The van der Waals surface area contributed by atoms with Gasteiger partial charge in [-0.2, -0.15) is 4.98 Å². The van der Waals surface area contributed by atoms with Crippen molar-refractivity contribution >= 4 is 28.0 Å². The second-order valence-corrected chi connectivity index (χ2v) is 6.59. The molecule has 7 heteroatoms. The lowest BCUT2D eigenvalue weighted by atomic mass is 10.0. The Bertz CT molecular complexity index is 1300.